The van der Waals surface area contributed by atoms with Crippen LogP contribution in [0.5, 0.6) is 0 Å². The Bertz CT molecular complexity index is 569. The van der Waals surface area contributed by atoms with Crippen molar-refractivity contribution in [1.82, 2.24) is 5.32 Å². The van der Waals surface area contributed by atoms with Crippen LogP contribution in [0.3, 0.4) is 0 Å². The van der Waals surface area contributed by atoms with Crippen molar-refractivity contribution in [3.63, 3.8) is 0 Å². The van der Waals surface area contributed by atoms with Crippen molar-refractivity contribution in [2.45, 2.75) is 38.0 Å². The van der Waals surface area contributed by atoms with Gasteiger partial charge in [-0.2, -0.15) is 0 Å². The van der Waals surface area contributed by atoms with Crippen LogP contribution in [0.2, 0.25) is 0 Å². The number of hydrogen-bond donors (Lipinski definition) is 1. The summed E-state index contributed by atoms with van der Waals surface area (Å²) < 4.78 is 11.0. The fraction of sp³-hybridized carbons (Fsp3) is 0.529. The Morgan fingerprint density at radius 1 is 1.30 bits per heavy atom. The van der Waals surface area contributed by atoms with Crippen LogP contribution in [0, 0.1) is 0 Å². The van der Waals surface area contributed by atoms with Crippen molar-refractivity contribution in [2.24, 2.45) is 0 Å². The van der Waals surface area contributed by atoms with Gasteiger partial charge >= 0.3 is 0 Å². The molecule has 0 spiro atoms. The Labute approximate surface area is 135 Å². The summed E-state index contributed by atoms with van der Waals surface area (Å²) in [5, 5.41) is 2.90. The summed E-state index contributed by atoms with van der Waals surface area (Å²) in [6.45, 7) is 3.51. The first-order valence-corrected chi connectivity index (χ1v) is 8.02. The Kier molecular flexibility index (Phi) is 4.63. The number of anilines is 1. The van der Waals surface area contributed by atoms with Crippen LogP contribution in [0.1, 0.15) is 26.2 Å². The van der Waals surface area contributed by atoms with E-state index in [4.69, 9.17) is 9.47 Å². The molecule has 2 aliphatic rings. The van der Waals surface area contributed by atoms with Gasteiger partial charge in [-0.15, -0.1) is 0 Å². The topological polar surface area (TPSA) is 67.9 Å². The SMILES string of the molecule is CC1(CCNC(=O)C2CCC(=O)N2c2ccccc2)OCCO1. The lowest BCUT2D eigenvalue weighted by Crippen LogP contribution is -2.46. The number of rotatable bonds is 5. The molecule has 3 rings (SSSR count). The molecule has 1 aromatic rings. The van der Waals surface area contributed by atoms with Gasteiger partial charge in [-0.1, -0.05) is 18.2 Å². The summed E-state index contributed by atoms with van der Waals surface area (Å²) in [7, 11) is 0. The molecule has 0 bridgehead atoms. The van der Waals surface area contributed by atoms with Gasteiger partial charge in [-0.3, -0.25) is 14.5 Å². The highest BCUT2D eigenvalue weighted by molar-refractivity contribution is 6.03. The number of ether oxygens (including phenoxy) is 2. The quantitative estimate of drug-likeness (QED) is 0.892. The third-order valence-corrected chi connectivity index (χ3v) is 4.33. The van der Waals surface area contributed by atoms with Crippen molar-refractivity contribution in [3.05, 3.63) is 30.3 Å². The molecule has 1 atom stereocenters. The number of hydrogen-bond acceptors (Lipinski definition) is 4. The highest BCUT2D eigenvalue weighted by Crippen LogP contribution is 2.27. The fourth-order valence-corrected chi connectivity index (χ4v) is 3.08. The Balaban J connectivity index is 1.59. The Morgan fingerprint density at radius 3 is 2.70 bits per heavy atom. The summed E-state index contributed by atoms with van der Waals surface area (Å²) in [4.78, 5) is 26.2. The number of carbonyl (C=O) groups is 2. The van der Waals surface area contributed by atoms with Crippen LogP contribution in [0.25, 0.3) is 0 Å². The van der Waals surface area contributed by atoms with E-state index >= 15 is 0 Å². The van der Waals surface area contributed by atoms with Gasteiger partial charge in [0.15, 0.2) is 5.79 Å². The average molecular weight is 318 g/mol. The second-order valence-electron chi connectivity index (χ2n) is 6.03. The molecule has 2 saturated heterocycles. The maximum absolute atomic E-state index is 12.5. The van der Waals surface area contributed by atoms with E-state index in [0.29, 0.717) is 39.0 Å². The Hall–Kier alpha value is -1.92. The number of amides is 2. The zero-order chi connectivity index (χ0) is 16.3. The van der Waals surface area contributed by atoms with Gasteiger partial charge in [-0.25, -0.2) is 0 Å². The maximum atomic E-state index is 12.5. The van der Waals surface area contributed by atoms with E-state index in [2.05, 4.69) is 5.32 Å². The first kappa shape index (κ1) is 16.0. The number of nitrogens with zero attached hydrogens (tertiary/aromatic N) is 1. The van der Waals surface area contributed by atoms with Gasteiger partial charge in [0.2, 0.25) is 11.8 Å². The number of carbonyl (C=O) groups excluding carboxylic acids is 2. The zero-order valence-corrected chi connectivity index (χ0v) is 13.3. The third-order valence-electron chi connectivity index (χ3n) is 4.33. The molecule has 6 nitrogen and oxygen atoms in total. The molecule has 2 heterocycles. The molecule has 2 amide bonds. The summed E-state index contributed by atoms with van der Waals surface area (Å²) in [5.41, 5.74) is 0.768. The molecule has 124 valence electrons. The largest absolute Gasteiger partial charge is 0.354 e. The first-order chi connectivity index (χ1) is 11.1. The van der Waals surface area contributed by atoms with Crippen LogP contribution < -0.4 is 10.2 Å². The summed E-state index contributed by atoms with van der Waals surface area (Å²) in [5.74, 6) is -0.746. The summed E-state index contributed by atoms with van der Waals surface area (Å²) in [6.07, 6.45) is 1.53. The van der Waals surface area contributed by atoms with E-state index in [1.165, 1.54) is 0 Å². The highest BCUT2D eigenvalue weighted by atomic mass is 16.7. The molecule has 1 aromatic carbocycles. The van der Waals surface area contributed by atoms with Gasteiger partial charge in [0, 0.05) is 25.1 Å². The standard InChI is InChI=1S/C17H22N2O4/c1-17(22-11-12-23-17)9-10-18-16(21)14-7-8-15(20)19(14)13-5-3-2-4-6-13/h2-6,14H,7-12H2,1H3,(H,18,21). The monoisotopic (exact) mass is 318 g/mol. The normalized spacial score (nSPS) is 23.3. The van der Waals surface area contributed by atoms with E-state index < -0.39 is 11.8 Å². The second-order valence-corrected chi connectivity index (χ2v) is 6.03. The minimum absolute atomic E-state index is 0.00855. The second kappa shape index (κ2) is 6.68. The van der Waals surface area contributed by atoms with Crippen molar-refractivity contribution in [1.29, 1.82) is 0 Å². The van der Waals surface area contributed by atoms with E-state index in [0.717, 1.165) is 5.69 Å². The lowest BCUT2D eigenvalue weighted by atomic mass is 10.1. The van der Waals surface area contributed by atoms with E-state index in [9.17, 15) is 9.59 Å². The number of para-hydroxylation sites is 1. The summed E-state index contributed by atoms with van der Waals surface area (Å²) in [6, 6.07) is 8.89. The molecule has 6 heteroatoms. The molecule has 2 fully saturated rings. The van der Waals surface area contributed by atoms with Crippen molar-refractivity contribution < 1.29 is 19.1 Å². The van der Waals surface area contributed by atoms with Gasteiger partial charge in [-0.05, 0) is 25.5 Å². The van der Waals surface area contributed by atoms with Crippen molar-refractivity contribution >= 4 is 17.5 Å². The third kappa shape index (κ3) is 3.54. The fourth-order valence-electron chi connectivity index (χ4n) is 3.08. The van der Waals surface area contributed by atoms with Crippen LogP contribution >= 0.6 is 0 Å². The number of benzene rings is 1. The minimum atomic E-state index is -0.613. The maximum Gasteiger partial charge on any atom is 0.243 e. The molecule has 0 radical (unpaired) electrons. The smallest absolute Gasteiger partial charge is 0.243 e. The number of nitrogens with one attached hydrogen (secondary N) is 1. The lowest BCUT2D eigenvalue weighted by Gasteiger charge is -2.26. The predicted octanol–water partition coefficient (Wildman–Crippen LogP) is 1.45. The summed E-state index contributed by atoms with van der Waals surface area (Å²) >= 11 is 0. The highest BCUT2D eigenvalue weighted by Gasteiger charge is 2.37. The van der Waals surface area contributed by atoms with Gasteiger partial charge in [0.05, 0.1) is 13.2 Å². The zero-order valence-electron chi connectivity index (χ0n) is 13.3. The molecule has 0 aliphatic carbocycles. The molecule has 0 saturated carbocycles. The molecule has 23 heavy (non-hydrogen) atoms. The Morgan fingerprint density at radius 2 is 2.00 bits per heavy atom. The van der Waals surface area contributed by atoms with E-state index in [1.54, 1.807) is 4.90 Å². The molecule has 0 aromatic heterocycles. The van der Waals surface area contributed by atoms with Crippen molar-refractivity contribution in [3.8, 4) is 0 Å². The average Bonchev–Trinajstić information content (AvgIpc) is 3.14. The van der Waals surface area contributed by atoms with Crippen LogP contribution in [-0.4, -0.2) is 43.4 Å². The van der Waals surface area contributed by atoms with Crippen molar-refractivity contribution in [2.75, 3.05) is 24.7 Å². The molecular weight excluding hydrogens is 296 g/mol. The van der Waals surface area contributed by atoms with Crippen LogP contribution in [-0.2, 0) is 19.1 Å². The van der Waals surface area contributed by atoms with E-state index in [1.807, 2.05) is 37.3 Å². The van der Waals surface area contributed by atoms with Crippen LogP contribution in [0.15, 0.2) is 30.3 Å². The van der Waals surface area contributed by atoms with Crippen LogP contribution in [0.4, 0.5) is 5.69 Å². The van der Waals surface area contributed by atoms with Gasteiger partial charge < -0.3 is 14.8 Å². The molecular formula is C17H22N2O4. The van der Waals surface area contributed by atoms with Gasteiger partial charge in [0.1, 0.15) is 6.04 Å². The van der Waals surface area contributed by atoms with Gasteiger partial charge in [0.25, 0.3) is 0 Å². The van der Waals surface area contributed by atoms with E-state index in [-0.39, 0.29) is 11.8 Å². The molecule has 1 N–H and O–H groups in total. The predicted molar refractivity (Wildman–Crippen MR) is 84.9 cm³/mol. The first-order valence-electron chi connectivity index (χ1n) is 8.02. The molecule has 2 aliphatic heterocycles. The molecule has 1 unspecified atom stereocenters. The lowest BCUT2D eigenvalue weighted by molar-refractivity contribution is -0.146. The minimum Gasteiger partial charge on any atom is -0.354 e.